The highest BCUT2D eigenvalue weighted by molar-refractivity contribution is 5.97. The maximum Gasteiger partial charge on any atom is 0.229 e. The molecule has 2 aromatic rings. The number of nitrogens with one attached hydrogen (secondary N) is 1. The Morgan fingerprint density at radius 2 is 1.95 bits per heavy atom. The lowest BCUT2D eigenvalue weighted by Gasteiger charge is -2.17. The molecule has 0 unspecified atom stereocenters. The molecule has 3 rings (SSSR count). The van der Waals surface area contributed by atoms with Crippen molar-refractivity contribution in [2.75, 3.05) is 5.32 Å². The fourth-order valence-electron chi connectivity index (χ4n) is 2.66. The molecule has 3 heteroatoms. The van der Waals surface area contributed by atoms with Crippen LogP contribution >= 0.6 is 0 Å². The number of fused-ring (bicyclic) bond motifs is 3. The van der Waals surface area contributed by atoms with Crippen molar-refractivity contribution in [1.29, 1.82) is 0 Å². The van der Waals surface area contributed by atoms with Crippen LogP contribution in [0.3, 0.4) is 0 Å². The fourth-order valence-corrected chi connectivity index (χ4v) is 2.66. The lowest BCUT2D eigenvalue weighted by Crippen LogP contribution is -2.27. The van der Waals surface area contributed by atoms with Gasteiger partial charge in [-0.3, -0.25) is 4.79 Å². The van der Waals surface area contributed by atoms with Gasteiger partial charge in [-0.1, -0.05) is 20.8 Å². The summed E-state index contributed by atoms with van der Waals surface area (Å²) in [4.78, 5) is 12.1. The topological polar surface area (TPSA) is 42.2 Å². The van der Waals surface area contributed by atoms with Crippen molar-refractivity contribution in [3.8, 4) is 0 Å². The third-order valence-electron chi connectivity index (χ3n) is 3.89. The third-order valence-corrected chi connectivity index (χ3v) is 3.89. The van der Waals surface area contributed by atoms with E-state index in [-0.39, 0.29) is 11.3 Å². The molecule has 1 aromatic heterocycles. The van der Waals surface area contributed by atoms with Gasteiger partial charge in [0.05, 0.1) is 0 Å². The van der Waals surface area contributed by atoms with Gasteiger partial charge in [0, 0.05) is 28.5 Å². The molecule has 0 fully saturated rings. The minimum Gasteiger partial charge on any atom is -0.461 e. The van der Waals surface area contributed by atoms with Crippen LogP contribution in [0.1, 0.15) is 44.9 Å². The van der Waals surface area contributed by atoms with Gasteiger partial charge in [0.2, 0.25) is 5.91 Å². The second kappa shape index (κ2) is 4.65. The van der Waals surface area contributed by atoms with Crippen LogP contribution in [0, 0.1) is 5.41 Å². The number of rotatable bonds is 1. The summed E-state index contributed by atoms with van der Waals surface area (Å²) in [5.74, 6) is 1.17. The van der Waals surface area contributed by atoms with Crippen molar-refractivity contribution in [3.05, 3.63) is 29.5 Å². The quantitative estimate of drug-likeness (QED) is 0.840. The number of carbonyl (C=O) groups is 1. The molecule has 0 saturated heterocycles. The van der Waals surface area contributed by atoms with Gasteiger partial charge in [0.1, 0.15) is 11.3 Å². The number of aryl methyl sites for hydroxylation is 2. The zero-order valence-corrected chi connectivity index (χ0v) is 12.4. The summed E-state index contributed by atoms with van der Waals surface area (Å²) in [5.41, 5.74) is 2.74. The minimum atomic E-state index is -0.384. The molecule has 1 aliphatic carbocycles. The average molecular weight is 271 g/mol. The van der Waals surface area contributed by atoms with Crippen molar-refractivity contribution < 1.29 is 9.21 Å². The Balaban J connectivity index is 1.96. The van der Waals surface area contributed by atoms with Gasteiger partial charge < -0.3 is 9.73 Å². The molecule has 0 bridgehead atoms. The van der Waals surface area contributed by atoms with E-state index in [1.54, 1.807) is 0 Å². The van der Waals surface area contributed by atoms with Crippen molar-refractivity contribution in [2.24, 2.45) is 5.41 Å². The first-order chi connectivity index (χ1) is 9.45. The molecule has 1 aliphatic rings. The predicted molar refractivity (Wildman–Crippen MR) is 80.9 cm³/mol. The number of benzene rings is 1. The zero-order valence-electron chi connectivity index (χ0n) is 12.4. The lowest BCUT2D eigenvalue weighted by atomic mass is 9.95. The third kappa shape index (κ3) is 2.33. The minimum absolute atomic E-state index is 0.0363. The summed E-state index contributed by atoms with van der Waals surface area (Å²) in [6, 6.07) is 5.93. The number of hydrogen-bond acceptors (Lipinski definition) is 2. The van der Waals surface area contributed by atoms with Crippen LogP contribution in [0.5, 0.6) is 0 Å². The lowest BCUT2D eigenvalue weighted by molar-refractivity contribution is -0.123. The molecule has 1 amide bonds. The van der Waals surface area contributed by atoms with Crippen molar-refractivity contribution >= 4 is 22.6 Å². The summed E-state index contributed by atoms with van der Waals surface area (Å²) in [7, 11) is 0. The van der Waals surface area contributed by atoms with Gasteiger partial charge in [-0.15, -0.1) is 0 Å². The maximum absolute atomic E-state index is 12.1. The number of carbonyl (C=O) groups excluding carboxylic acids is 1. The first kappa shape index (κ1) is 13.2. The Hall–Kier alpha value is -1.77. The molecular formula is C17H21NO2. The highest BCUT2D eigenvalue weighted by Crippen LogP contribution is 2.33. The standard InChI is InChI=1S/C17H21NO2/c1-17(2,3)16(19)18-11-8-9-15-13(10-11)12-6-4-5-7-14(12)20-15/h8-10H,4-7H2,1-3H3,(H,18,19). The molecule has 0 atom stereocenters. The van der Waals surface area contributed by atoms with E-state index in [1.807, 2.05) is 39.0 Å². The largest absolute Gasteiger partial charge is 0.461 e. The van der Waals surface area contributed by atoms with Crippen LogP contribution < -0.4 is 5.32 Å². The van der Waals surface area contributed by atoms with E-state index < -0.39 is 0 Å². The Labute approximate surface area is 119 Å². The second-order valence-electron chi connectivity index (χ2n) is 6.63. The van der Waals surface area contributed by atoms with Gasteiger partial charge >= 0.3 is 0 Å². The maximum atomic E-state index is 12.1. The molecular weight excluding hydrogens is 250 g/mol. The average Bonchev–Trinajstić information content (AvgIpc) is 2.76. The number of hydrogen-bond donors (Lipinski definition) is 1. The molecule has 1 heterocycles. The number of amides is 1. The SMILES string of the molecule is CC(C)(C)C(=O)Nc1ccc2oc3c(c2c1)CCCC3. The normalized spacial score (nSPS) is 15.2. The number of anilines is 1. The van der Waals surface area contributed by atoms with Crippen molar-refractivity contribution in [1.82, 2.24) is 0 Å². The van der Waals surface area contributed by atoms with Crippen LogP contribution in [-0.4, -0.2) is 5.91 Å². The van der Waals surface area contributed by atoms with Crippen LogP contribution in [0.25, 0.3) is 11.0 Å². The molecule has 0 spiro atoms. The van der Waals surface area contributed by atoms with E-state index in [4.69, 9.17) is 4.42 Å². The van der Waals surface area contributed by atoms with E-state index >= 15 is 0 Å². The van der Waals surface area contributed by atoms with Gasteiger partial charge in [-0.05, 0) is 37.5 Å². The summed E-state index contributed by atoms with van der Waals surface area (Å²) in [6.07, 6.45) is 4.55. The Bertz CT molecular complexity index is 661. The van der Waals surface area contributed by atoms with Gasteiger partial charge in [0.15, 0.2) is 0 Å². The summed E-state index contributed by atoms with van der Waals surface area (Å²) >= 11 is 0. The smallest absolute Gasteiger partial charge is 0.229 e. The summed E-state index contributed by atoms with van der Waals surface area (Å²) in [5, 5.41) is 4.15. The van der Waals surface area contributed by atoms with E-state index in [0.717, 1.165) is 35.3 Å². The van der Waals surface area contributed by atoms with Crippen LogP contribution in [0.4, 0.5) is 5.69 Å². The summed E-state index contributed by atoms with van der Waals surface area (Å²) < 4.78 is 5.91. The Kier molecular flexibility index (Phi) is 3.08. The fraction of sp³-hybridized carbons (Fsp3) is 0.471. The molecule has 1 N–H and O–H groups in total. The molecule has 1 aromatic carbocycles. The van der Waals surface area contributed by atoms with E-state index in [0.29, 0.717) is 0 Å². The molecule has 3 nitrogen and oxygen atoms in total. The van der Waals surface area contributed by atoms with Crippen molar-refractivity contribution in [3.63, 3.8) is 0 Å². The first-order valence-corrected chi connectivity index (χ1v) is 7.31. The van der Waals surface area contributed by atoms with Gasteiger partial charge in [0.25, 0.3) is 0 Å². The van der Waals surface area contributed by atoms with Gasteiger partial charge in [-0.25, -0.2) is 0 Å². The molecule has 0 radical (unpaired) electrons. The van der Waals surface area contributed by atoms with Gasteiger partial charge in [-0.2, -0.15) is 0 Å². The Morgan fingerprint density at radius 3 is 2.70 bits per heavy atom. The predicted octanol–water partition coefficient (Wildman–Crippen LogP) is 4.30. The summed E-state index contributed by atoms with van der Waals surface area (Å²) in [6.45, 7) is 5.75. The highest BCUT2D eigenvalue weighted by Gasteiger charge is 2.22. The van der Waals surface area contributed by atoms with E-state index in [2.05, 4.69) is 5.32 Å². The second-order valence-corrected chi connectivity index (χ2v) is 6.63. The molecule has 20 heavy (non-hydrogen) atoms. The first-order valence-electron chi connectivity index (χ1n) is 7.31. The molecule has 0 aliphatic heterocycles. The van der Waals surface area contributed by atoms with E-state index in [1.165, 1.54) is 18.4 Å². The Morgan fingerprint density at radius 1 is 1.20 bits per heavy atom. The number of furan rings is 1. The molecule has 106 valence electrons. The van der Waals surface area contributed by atoms with Crippen molar-refractivity contribution in [2.45, 2.75) is 46.5 Å². The van der Waals surface area contributed by atoms with Crippen LogP contribution in [-0.2, 0) is 17.6 Å². The monoisotopic (exact) mass is 271 g/mol. The zero-order chi connectivity index (χ0) is 14.3. The molecule has 0 saturated carbocycles. The van der Waals surface area contributed by atoms with Crippen LogP contribution in [0.15, 0.2) is 22.6 Å². The highest BCUT2D eigenvalue weighted by atomic mass is 16.3. The van der Waals surface area contributed by atoms with Crippen LogP contribution in [0.2, 0.25) is 0 Å². The van der Waals surface area contributed by atoms with E-state index in [9.17, 15) is 4.79 Å².